The number of rotatable bonds is 4. The van der Waals surface area contributed by atoms with Gasteiger partial charge in [0, 0.05) is 6.42 Å². The van der Waals surface area contributed by atoms with Crippen molar-refractivity contribution in [2.45, 2.75) is 31.6 Å². The van der Waals surface area contributed by atoms with E-state index in [-0.39, 0.29) is 13.0 Å². The van der Waals surface area contributed by atoms with Gasteiger partial charge in [-0.05, 0) is 12.5 Å². The predicted molar refractivity (Wildman–Crippen MR) is 70.4 cm³/mol. The number of benzene rings is 1. The maximum Gasteiger partial charge on any atom is 0.408 e. The van der Waals surface area contributed by atoms with Gasteiger partial charge in [0.25, 0.3) is 0 Å². The van der Waals surface area contributed by atoms with Crippen LogP contribution in [0.2, 0.25) is 0 Å². The minimum absolute atomic E-state index is 0.0744. The van der Waals surface area contributed by atoms with Gasteiger partial charge in [0.15, 0.2) is 0 Å². The molecule has 0 aliphatic carbocycles. The Morgan fingerprint density at radius 2 is 2.00 bits per heavy atom. The number of hydrogen-bond donors (Lipinski definition) is 2. The number of carboxylic acids is 1. The fraction of sp³-hybridized carbons (Fsp3) is 0.429. The lowest BCUT2D eigenvalue weighted by molar-refractivity contribution is -0.147. The van der Waals surface area contributed by atoms with Crippen LogP contribution in [0.3, 0.4) is 0 Å². The quantitative estimate of drug-likeness (QED) is 0.877. The largest absolute Gasteiger partial charge is 0.480 e. The van der Waals surface area contributed by atoms with Crippen LogP contribution >= 0.6 is 0 Å². The summed E-state index contributed by atoms with van der Waals surface area (Å²) in [6, 6.07) is 9.48. The van der Waals surface area contributed by atoms with Crippen molar-refractivity contribution in [1.82, 2.24) is 4.90 Å². The summed E-state index contributed by atoms with van der Waals surface area (Å²) in [5, 5.41) is 18.3. The molecule has 1 aromatic carbocycles. The molecule has 1 amide bonds. The van der Waals surface area contributed by atoms with E-state index in [1.165, 1.54) is 6.92 Å². The van der Waals surface area contributed by atoms with Crippen molar-refractivity contribution in [2.24, 2.45) is 0 Å². The van der Waals surface area contributed by atoms with Crippen molar-refractivity contribution in [3.05, 3.63) is 35.9 Å². The zero-order valence-corrected chi connectivity index (χ0v) is 11.2. The molecule has 2 unspecified atom stereocenters. The van der Waals surface area contributed by atoms with Crippen molar-refractivity contribution in [1.29, 1.82) is 0 Å². The molecular weight excluding hydrogens is 262 g/mol. The highest BCUT2D eigenvalue weighted by atomic mass is 16.5. The minimum Gasteiger partial charge on any atom is -0.480 e. The minimum atomic E-state index is -1.42. The van der Waals surface area contributed by atoms with Gasteiger partial charge < -0.3 is 14.9 Å². The molecule has 20 heavy (non-hydrogen) atoms. The van der Waals surface area contributed by atoms with Gasteiger partial charge >= 0.3 is 12.1 Å². The Kier molecular flexibility index (Phi) is 3.94. The van der Waals surface area contributed by atoms with Gasteiger partial charge in [0.05, 0.1) is 19.3 Å². The summed E-state index contributed by atoms with van der Waals surface area (Å²) in [5.74, 6) is -1.15. The summed E-state index contributed by atoms with van der Waals surface area (Å²) < 4.78 is 5.65. The summed E-state index contributed by atoms with van der Waals surface area (Å²) in [4.78, 5) is 23.4. The first-order valence-electron chi connectivity index (χ1n) is 6.33. The maximum atomic E-state index is 11.3. The van der Waals surface area contributed by atoms with E-state index in [1.54, 1.807) is 0 Å². The molecule has 0 radical (unpaired) electrons. The van der Waals surface area contributed by atoms with E-state index in [0.717, 1.165) is 10.5 Å². The Morgan fingerprint density at radius 3 is 2.50 bits per heavy atom. The summed E-state index contributed by atoms with van der Waals surface area (Å²) >= 11 is 0. The third kappa shape index (κ3) is 2.75. The van der Waals surface area contributed by atoms with Crippen LogP contribution in [0.1, 0.15) is 18.9 Å². The first kappa shape index (κ1) is 14.3. The standard InChI is InChI=1S/C14H17NO5/c1-14(12(16)17)7-11(8-15(14)13(18)19)20-9-10-5-3-2-4-6-10/h2-6,11H,7-9H2,1H3,(H,16,17)(H,18,19). The van der Waals surface area contributed by atoms with Crippen LogP contribution in [0, 0.1) is 0 Å². The zero-order chi connectivity index (χ0) is 14.8. The van der Waals surface area contributed by atoms with Crippen LogP contribution in [0.4, 0.5) is 4.79 Å². The topological polar surface area (TPSA) is 87.1 Å². The third-order valence-electron chi connectivity index (χ3n) is 3.63. The van der Waals surface area contributed by atoms with E-state index in [2.05, 4.69) is 0 Å². The van der Waals surface area contributed by atoms with E-state index < -0.39 is 23.7 Å². The highest BCUT2D eigenvalue weighted by molar-refractivity contribution is 5.84. The average Bonchev–Trinajstić information content (AvgIpc) is 2.77. The second-order valence-electron chi connectivity index (χ2n) is 5.09. The Hall–Kier alpha value is -2.08. The molecule has 6 nitrogen and oxygen atoms in total. The van der Waals surface area contributed by atoms with E-state index in [9.17, 15) is 14.7 Å². The molecule has 1 heterocycles. The fourth-order valence-electron chi connectivity index (χ4n) is 2.42. The van der Waals surface area contributed by atoms with Crippen LogP contribution in [0.15, 0.2) is 30.3 Å². The van der Waals surface area contributed by atoms with Crippen LogP contribution in [-0.2, 0) is 16.1 Å². The predicted octanol–water partition coefficient (Wildman–Crippen LogP) is 1.80. The maximum absolute atomic E-state index is 11.3. The fourth-order valence-corrected chi connectivity index (χ4v) is 2.42. The average molecular weight is 279 g/mol. The van der Waals surface area contributed by atoms with Crippen molar-refractivity contribution in [2.75, 3.05) is 6.54 Å². The van der Waals surface area contributed by atoms with Crippen molar-refractivity contribution in [3.63, 3.8) is 0 Å². The summed E-state index contributed by atoms with van der Waals surface area (Å²) in [5.41, 5.74) is -0.453. The number of carboxylic acid groups (broad SMARTS) is 2. The Bertz CT molecular complexity index is 504. The van der Waals surface area contributed by atoms with Crippen molar-refractivity contribution >= 4 is 12.1 Å². The smallest absolute Gasteiger partial charge is 0.408 e. The molecule has 1 aromatic rings. The van der Waals surface area contributed by atoms with Crippen LogP contribution in [-0.4, -0.2) is 45.4 Å². The van der Waals surface area contributed by atoms with Crippen LogP contribution in [0.5, 0.6) is 0 Å². The van der Waals surface area contributed by atoms with Crippen LogP contribution in [0.25, 0.3) is 0 Å². The molecule has 0 bridgehead atoms. The number of ether oxygens (including phenoxy) is 1. The van der Waals surface area contributed by atoms with Gasteiger partial charge in [-0.2, -0.15) is 0 Å². The molecule has 2 atom stereocenters. The Balaban J connectivity index is 2.02. The Morgan fingerprint density at radius 1 is 1.35 bits per heavy atom. The van der Waals surface area contributed by atoms with Gasteiger partial charge in [-0.1, -0.05) is 30.3 Å². The molecule has 1 fully saturated rings. The number of aliphatic carboxylic acids is 1. The molecule has 1 saturated heterocycles. The molecule has 0 saturated carbocycles. The second kappa shape index (κ2) is 5.50. The molecule has 108 valence electrons. The van der Waals surface area contributed by atoms with Crippen molar-refractivity contribution < 1.29 is 24.5 Å². The summed E-state index contributed by atoms with van der Waals surface area (Å²) in [6.07, 6.45) is -1.49. The first-order valence-corrected chi connectivity index (χ1v) is 6.33. The van der Waals surface area contributed by atoms with E-state index in [4.69, 9.17) is 9.84 Å². The van der Waals surface area contributed by atoms with Crippen molar-refractivity contribution in [3.8, 4) is 0 Å². The second-order valence-corrected chi connectivity index (χ2v) is 5.09. The van der Waals surface area contributed by atoms with Gasteiger partial charge in [0.2, 0.25) is 0 Å². The Labute approximate surface area is 116 Å². The zero-order valence-electron chi connectivity index (χ0n) is 11.2. The number of likely N-dealkylation sites (tertiary alicyclic amines) is 1. The highest BCUT2D eigenvalue weighted by Crippen LogP contribution is 2.31. The van der Waals surface area contributed by atoms with Crippen LogP contribution < -0.4 is 0 Å². The lowest BCUT2D eigenvalue weighted by Gasteiger charge is -2.27. The summed E-state index contributed by atoms with van der Waals surface area (Å²) in [6.45, 7) is 1.83. The monoisotopic (exact) mass is 279 g/mol. The van der Waals surface area contributed by atoms with E-state index in [1.807, 2.05) is 30.3 Å². The van der Waals surface area contributed by atoms with Gasteiger partial charge in [-0.3, -0.25) is 4.90 Å². The first-order chi connectivity index (χ1) is 9.43. The molecule has 0 aromatic heterocycles. The third-order valence-corrected chi connectivity index (χ3v) is 3.63. The summed E-state index contributed by atoms with van der Waals surface area (Å²) in [7, 11) is 0. The van der Waals surface area contributed by atoms with Gasteiger partial charge in [0.1, 0.15) is 5.54 Å². The number of amides is 1. The van der Waals surface area contributed by atoms with Gasteiger partial charge in [-0.25, -0.2) is 9.59 Å². The molecule has 0 spiro atoms. The van der Waals surface area contributed by atoms with E-state index >= 15 is 0 Å². The van der Waals surface area contributed by atoms with Gasteiger partial charge in [-0.15, -0.1) is 0 Å². The normalized spacial score (nSPS) is 25.6. The molecule has 1 aliphatic heterocycles. The number of carbonyl (C=O) groups is 2. The molecule has 6 heteroatoms. The number of hydrogen-bond acceptors (Lipinski definition) is 3. The highest BCUT2D eigenvalue weighted by Gasteiger charge is 2.50. The van der Waals surface area contributed by atoms with E-state index in [0.29, 0.717) is 6.61 Å². The molecule has 2 N–H and O–H groups in total. The molecular formula is C14H17NO5. The molecule has 1 aliphatic rings. The SMILES string of the molecule is CC1(C(=O)O)CC(OCc2ccccc2)CN1C(=O)O. The lowest BCUT2D eigenvalue weighted by atomic mass is 9.99. The molecule has 2 rings (SSSR count). The number of nitrogens with zero attached hydrogens (tertiary/aromatic N) is 1. The lowest BCUT2D eigenvalue weighted by Crippen LogP contribution is -2.50.